The van der Waals surface area contributed by atoms with E-state index in [1.807, 2.05) is 31.2 Å². The molecule has 1 rings (SSSR count). The van der Waals surface area contributed by atoms with Crippen molar-refractivity contribution < 1.29 is 0 Å². The van der Waals surface area contributed by atoms with E-state index in [1.165, 1.54) is 5.57 Å². The molecule has 0 saturated heterocycles. The average molecular weight is 186 g/mol. The molecule has 0 spiro atoms. The summed E-state index contributed by atoms with van der Waals surface area (Å²) in [5, 5.41) is 8.72. The zero-order valence-corrected chi connectivity index (χ0v) is 8.33. The predicted octanol–water partition coefficient (Wildman–Crippen LogP) is 2.01. The van der Waals surface area contributed by atoms with Gasteiger partial charge in [0.2, 0.25) is 0 Å². The van der Waals surface area contributed by atoms with Gasteiger partial charge >= 0.3 is 0 Å². The van der Waals surface area contributed by atoms with E-state index in [0.717, 1.165) is 12.0 Å². The summed E-state index contributed by atoms with van der Waals surface area (Å²) in [6.45, 7) is 2.56. The first-order valence-corrected chi connectivity index (χ1v) is 4.63. The molecule has 0 radical (unpaired) electrons. The highest BCUT2D eigenvalue weighted by atomic mass is 14.5. The molecule has 0 aliphatic heterocycles. The monoisotopic (exact) mass is 186 g/mol. The fraction of sp³-hybridized carbons (Fsp3) is 0.250. The van der Waals surface area contributed by atoms with Crippen LogP contribution in [-0.4, -0.2) is 6.54 Å². The van der Waals surface area contributed by atoms with Crippen LogP contribution >= 0.6 is 0 Å². The van der Waals surface area contributed by atoms with Crippen molar-refractivity contribution in [1.29, 1.82) is 5.26 Å². The molecule has 0 aliphatic rings. The highest BCUT2D eigenvalue weighted by Gasteiger charge is 1.98. The summed E-state index contributed by atoms with van der Waals surface area (Å²) >= 11 is 0. The number of rotatable bonds is 3. The predicted molar refractivity (Wildman–Crippen MR) is 57.7 cm³/mol. The first-order chi connectivity index (χ1) is 6.80. The molecule has 0 bridgehead atoms. The van der Waals surface area contributed by atoms with E-state index in [0.29, 0.717) is 12.1 Å². The van der Waals surface area contributed by atoms with E-state index in [4.69, 9.17) is 11.0 Å². The fourth-order valence-electron chi connectivity index (χ4n) is 1.31. The van der Waals surface area contributed by atoms with Crippen LogP contribution in [0.4, 0.5) is 0 Å². The molecule has 0 amide bonds. The number of nitrogens with two attached hydrogens (primary N) is 1. The van der Waals surface area contributed by atoms with Crippen molar-refractivity contribution in [2.24, 2.45) is 5.73 Å². The van der Waals surface area contributed by atoms with E-state index < -0.39 is 0 Å². The number of hydrogen-bond acceptors (Lipinski definition) is 2. The second-order valence-corrected chi connectivity index (χ2v) is 3.14. The summed E-state index contributed by atoms with van der Waals surface area (Å²) in [5.41, 5.74) is 8.61. The van der Waals surface area contributed by atoms with Gasteiger partial charge in [-0.3, -0.25) is 0 Å². The zero-order chi connectivity index (χ0) is 10.4. The van der Waals surface area contributed by atoms with E-state index in [-0.39, 0.29) is 0 Å². The van der Waals surface area contributed by atoms with Crippen molar-refractivity contribution in [3.63, 3.8) is 0 Å². The van der Waals surface area contributed by atoms with Crippen LogP contribution in [0.2, 0.25) is 0 Å². The van der Waals surface area contributed by atoms with Gasteiger partial charge in [0.15, 0.2) is 0 Å². The second kappa shape index (κ2) is 5.21. The smallest absolute Gasteiger partial charge is 0.0991 e. The van der Waals surface area contributed by atoms with Crippen LogP contribution in [0.25, 0.3) is 0 Å². The van der Waals surface area contributed by atoms with Gasteiger partial charge in [-0.15, -0.1) is 0 Å². The third kappa shape index (κ3) is 2.72. The molecule has 2 heteroatoms. The minimum atomic E-state index is 0.577. The Morgan fingerprint density at radius 2 is 2.36 bits per heavy atom. The summed E-state index contributed by atoms with van der Waals surface area (Å²) in [6.07, 6.45) is 2.86. The van der Waals surface area contributed by atoms with E-state index in [1.54, 1.807) is 6.07 Å². The fourth-order valence-corrected chi connectivity index (χ4v) is 1.31. The second-order valence-electron chi connectivity index (χ2n) is 3.14. The summed E-state index contributed by atoms with van der Waals surface area (Å²) < 4.78 is 0. The SMILES string of the molecule is C/C=C(\CN)Cc1cccc(C#N)c1. The van der Waals surface area contributed by atoms with Gasteiger partial charge in [-0.05, 0) is 31.0 Å². The molecule has 1 aromatic rings. The molecule has 0 atom stereocenters. The lowest BCUT2D eigenvalue weighted by Gasteiger charge is -2.04. The van der Waals surface area contributed by atoms with Crippen molar-refractivity contribution >= 4 is 0 Å². The van der Waals surface area contributed by atoms with Gasteiger partial charge in [-0.25, -0.2) is 0 Å². The van der Waals surface area contributed by atoms with Crippen molar-refractivity contribution in [3.05, 3.63) is 47.0 Å². The molecular formula is C12H14N2. The lowest BCUT2D eigenvalue weighted by molar-refractivity contribution is 1.03. The third-order valence-electron chi connectivity index (χ3n) is 2.16. The maximum Gasteiger partial charge on any atom is 0.0991 e. The molecule has 72 valence electrons. The normalized spacial score (nSPS) is 11.1. The minimum absolute atomic E-state index is 0.577. The minimum Gasteiger partial charge on any atom is -0.327 e. The lowest BCUT2D eigenvalue weighted by atomic mass is 10.0. The van der Waals surface area contributed by atoms with Gasteiger partial charge in [0.05, 0.1) is 11.6 Å². The van der Waals surface area contributed by atoms with Crippen molar-refractivity contribution in [3.8, 4) is 6.07 Å². The van der Waals surface area contributed by atoms with Crippen LogP contribution in [-0.2, 0) is 6.42 Å². The Morgan fingerprint density at radius 1 is 1.57 bits per heavy atom. The number of nitrogens with zero attached hydrogens (tertiary/aromatic N) is 1. The van der Waals surface area contributed by atoms with Crippen LogP contribution in [0, 0.1) is 11.3 Å². The number of allylic oxidation sites excluding steroid dienone is 1. The summed E-state index contributed by atoms with van der Waals surface area (Å²) in [7, 11) is 0. The van der Waals surface area contributed by atoms with Gasteiger partial charge in [-0.1, -0.05) is 23.8 Å². The highest BCUT2D eigenvalue weighted by Crippen LogP contribution is 2.09. The Morgan fingerprint density at radius 3 is 2.93 bits per heavy atom. The Labute approximate surface area is 84.7 Å². The lowest BCUT2D eigenvalue weighted by Crippen LogP contribution is -2.05. The average Bonchev–Trinajstić information content (AvgIpc) is 2.26. The van der Waals surface area contributed by atoms with Crippen molar-refractivity contribution in [1.82, 2.24) is 0 Å². The number of hydrogen-bond donors (Lipinski definition) is 1. The maximum atomic E-state index is 8.72. The van der Waals surface area contributed by atoms with Gasteiger partial charge in [-0.2, -0.15) is 5.26 Å². The first kappa shape index (κ1) is 10.5. The Kier molecular flexibility index (Phi) is 3.90. The topological polar surface area (TPSA) is 49.8 Å². The molecule has 0 fully saturated rings. The summed E-state index contributed by atoms with van der Waals surface area (Å²) in [5.74, 6) is 0. The standard InChI is InChI=1S/C12H14N2/c1-2-10(8-13)6-11-4-3-5-12(7-11)9-14/h2-5,7H,6,8,13H2,1H3/b10-2-. The molecule has 0 aliphatic carbocycles. The molecule has 2 nitrogen and oxygen atoms in total. The Hall–Kier alpha value is -1.59. The largest absolute Gasteiger partial charge is 0.327 e. The summed E-state index contributed by atoms with van der Waals surface area (Å²) in [4.78, 5) is 0. The van der Waals surface area contributed by atoms with Gasteiger partial charge in [0, 0.05) is 6.54 Å². The van der Waals surface area contributed by atoms with E-state index in [9.17, 15) is 0 Å². The molecule has 0 unspecified atom stereocenters. The van der Waals surface area contributed by atoms with Crippen molar-refractivity contribution in [2.75, 3.05) is 6.54 Å². The van der Waals surface area contributed by atoms with Crippen molar-refractivity contribution in [2.45, 2.75) is 13.3 Å². The third-order valence-corrected chi connectivity index (χ3v) is 2.16. The molecular weight excluding hydrogens is 172 g/mol. The highest BCUT2D eigenvalue weighted by molar-refractivity contribution is 5.34. The maximum absolute atomic E-state index is 8.72. The summed E-state index contributed by atoms with van der Waals surface area (Å²) in [6, 6.07) is 9.75. The van der Waals surface area contributed by atoms with Crippen LogP contribution in [0.3, 0.4) is 0 Å². The van der Waals surface area contributed by atoms with Gasteiger partial charge in [0.1, 0.15) is 0 Å². The molecule has 0 heterocycles. The molecule has 0 saturated carbocycles. The first-order valence-electron chi connectivity index (χ1n) is 4.63. The molecule has 14 heavy (non-hydrogen) atoms. The Balaban J connectivity index is 2.82. The molecule has 2 N–H and O–H groups in total. The van der Waals surface area contributed by atoms with Crippen LogP contribution in [0.5, 0.6) is 0 Å². The Bertz CT molecular complexity index is 372. The van der Waals surface area contributed by atoms with Crippen LogP contribution in [0.15, 0.2) is 35.9 Å². The van der Waals surface area contributed by atoms with E-state index in [2.05, 4.69) is 6.07 Å². The number of benzene rings is 1. The number of nitriles is 1. The van der Waals surface area contributed by atoms with E-state index >= 15 is 0 Å². The van der Waals surface area contributed by atoms with Gasteiger partial charge < -0.3 is 5.73 Å². The molecule has 1 aromatic carbocycles. The van der Waals surface area contributed by atoms with Crippen LogP contribution in [0.1, 0.15) is 18.1 Å². The molecule has 0 aromatic heterocycles. The quantitative estimate of drug-likeness (QED) is 0.734. The van der Waals surface area contributed by atoms with Crippen LogP contribution < -0.4 is 5.73 Å². The zero-order valence-electron chi connectivity index (χ0n) is 8.33. The van der Waals surface area contributed by atoms with Gasteiger partial charge in [0.25, 0.3) is 0 Å².